The molecule has 0 radical (unpaired) electrons. The summed E-state index contributed by atoms with van der Waals surface area (Å²) in [5.41, 5.74) is 2.06. The average molecular weight is 301 g/mol. The molecule has 3 rings (SSSR count). The van der Waals surface area contributed by atoms with Crippen LogP contribution in [0.4, 0.5) is 0 Å². The van der Waals surface area contributed by atoms with Crippen LogP contribution in [0, 0.1) is 0 Å². The molecule has 1 unspecified atom stereocenters. The molecule has 2 heteroatoms. The Kier molecular flexibility index (Phi) is 4.32. The molecule has 1 nitrogen and oxygen atoms in total. The molecule has 0 heterocycles. The first kappa shape index (κ1) is 14.6. The van der Waals surface area contributed by atoms with Crippen LogP contribution < -0.4 is 0 Å². The van der Waals surface area contributed by atoms with Crippen molar-refractivity contribution in [3.05, 3.63) is 70.7 Å². The van der Waals surface area contributed by atoms with E-state index in [1.807, 2.05) is 30.3 Å². The standard InChI is InChI=1S/C19H21ClO/c20-17-11-9-15(10-12-17)18(21)19(13-5-2-6-14-19)16-7-3-1-4-8-16/h1,3-4,7-12,18,21H,2,5-6,13-14H2. The molecule has 2 aromatic carbocycles. The third kappa shape index (κ3) is 2.86. The van der Waals surface area contributed by atoms with E-state index in [4.69, 9.17) is 11.6 Å². The summed E-state index contributed by atoms with van der Waals surface area (Å²) in [6, 6.07) is 18.1. The molecule has 0 aromatic heterocycles. The fourth-order valence-electron chi connectivity index (χ4n) is 3.64. The third-order valence-electron chi connectivity index (χ3n) is 4.80. The molecule has 0 amide bonds. The van der Waals surface area contributed by atoms with Gasteiger partial charge in [-0.3, -0.25) is 0 Å². The SMILES string of the molecule is OC(c1ccc(Cl)cc1)C1(c2ccccc2)CCCCC1. The van der Waals surface area contributed by atoms with E-state index in [2.05, 4.69) is 24.3 Å². The Balaban J connectivity index is 2.01. The highest BCUT2D eigenvalue weighted by molar-refractivity contribution is 6.30. The zero-order valence-corrected chi connectivity index (χ0v) is 12.9. The molecule has 2 aromatic rings. The van der Waals surface area contributed by atoms with Crippen LogP contribution in [0.2, 0.25) is 5.02 Å². The fourth-order valence-corrected chi connectivity index (χ4v) is 3.76. The molecule has 0 aliphatic heterocycles. The minimum Gasteiger partial charge on any atom is -0.387 e. The molecule has 1 aliphatic carbocycles. The Labute approximate surface area is 131 Å². The summed E-state index contributed by atoms with van der Waals surface area (Å²) < 4.78 is 0. The van der Waals surface area contributed by atoms with E-state index in [1.54, 1.807) is 0 Å². The molecular formula is C19H21ClO. The number of halogens is 1. The lowest BCUT2D eigenvalue weighted by Gasteiger charge is -2.42. The summed E-state index contributed by atoms with van der Waals surface area (Å²) >= 11 is 5.97. The zero-order valence-electron chi connectivity index (χ0n) is 12.1. The molecule has 0 spiro atoms. The second-order valence-electron chi connectivity index (χ2n) is 6.04. The van der Waals surface area contributed by atoms with Crippen LogP contribution >= 0.6 is 11.6 Å². The lowest BCUT2D eigenvalue weighted by atomic mass is 9.64. The van der Waals surface area contributed by atoms with Gasteiger partial charge in [-0.1, -0.05) is 73.3 Å². The first-order valence-electron chi connectivity index (χ1n) is 7.71. The van der Waals surface area contributed by atoms with Crippen molar-refractivity contribution >= 4 is 11.6 Å². The van der Waals surface area contributed by atoms with E-state index in [-0.39, 0.29) is 5.41 Å². The van der Waals surface area contributed by atoms with Gasteiger partial charge in [0.2, 0.25) is 0 Å². The van der Waals surface area contributed by atoms with Gasteiger partial charge >= 0.3 is 0 Å². The van der Waals surface area contributed by atoms with Gasteiger partial charge in [-0.05, 0) is 36.1 Å². The van der Waals surface area contributed by atoms with Crippen molar-refractivity contribution in [3.63, 3.8) is 0 Å². The van der Waals surface area contributed by atoms with E-state index in [0.29, 0.717) is 5.02 Å². The lowest BCUT2D eigenvalue weighted by Crippen LogP contribution is -2.36. The van der Waals surface area contributed by atoms with Crippen molar-refractivity contribution in [2.45, 2.75) is 43.6 Å². The Morgan fingerprint density at radius 1 is 0.857 bits per heavy atom. The highest BCUT2D eigenvalue weighted by atomic mass is 35.5. The second-order valence-corrected chi connectivity index (χ2v) is 6.47. The minimum atomic E-state index is -0.475. The molecule has 1 saturated carbocycles. The number of benzene rings is 2. The Morgan fingerprint density at radius 2 is 1.48 bits per heavy atom. The van der Waals surface area contributed by atoms with E-state index < -0.39 is 6.10 Å². The molecule has 1 aliphatic rings. The molecule has 0 saturated heterocycles. The quantitative estimate of drug-likeness (QED) is 0.818. The van der Waals surface area contributed by atoms with Gasteiger partial charge in [0.15, 0.2) is 0 Å². The first-order chi connectivity index (χ1) is 10.2. The molecule has 1 N–H and O–H groups in total. The summed E-state index contributed by atoms with van der Waals surface area (Å²) in [5.74, 6) is 0. The van der Waals surface area contributed by atoms with Crippen molar-refractivity contribution in [2.75, 3.05) is 0 Å². The summed E-state index contributed by atoms with van der Waals surface area (Å²) in [6.45, 7) is 0. The van der Waals surface area contributed by atoms with Crippen LogP contribution in [0.1, 0.15) is 49.3 Å². The van der Waals surface area contributed by atoms with Crippen molar-refractivity contribution in [1.82, 2.24) is 0 Å². The van der Waals surface area contributed by atoms with Gasteiger partial charge in [-0.2, -0.15) is 0 Å². The van der Waals surface area contributed by atoms with E-state index in [9.17, 15) is 5.11 Å². The second kappa shape index (κ2) is 6.21. The smallest absolute Gasteiger partial charge is 0.0886 e. The van der Waals surface area contributed by atoms with Gasteiger partial charge in [0.1, 0.15) is 0 Å². The monoisotopic (exact) mass is 300 g/mol. The molecule has 0 bridgehead atoms. The molecule has 21 heavy (non-hydrogen) atoms. The van der Waals surface area contributed by atoms with Gasteiger partial charge in [0, 0.05) is 10.4 Å². The van der Waals surface area contributed by atoms with Crippen molar-refractivity contribution < 1.29 is 5.11 Å². The number of hydrogen-bond acceptors (Lipinski definition) is 1. The largest absolute Gasteiger partial charge is 0.387 e. The van der Waals surface area contributed by atoms with E-state index in [1.165, 1.54) is 24.8 Å². The number of aliphatic hydroxyl groups is 1. The highest BCUT2D eigenvalue weighted by Crippen LogP contribution is 2.48. The van der Waals surface area contributed by atoms with Crippen LogP contribution in [0.15, 0.2) is 54.6 Å². The topological polar surface area (TPSA) is 20.2 Å². The van der Waals surface area contributed by atoms with Gasteiger partial charge in [0.05, 0.1) is 6.10 Å². The average Bonchev–Trinajstić information content (AvgIpc) is 2.56. The summed E-state index contributed by atoms with van der Waals surface area (Å²) in [4.78, 5) is 0. The number of aliphatic hydroxyl groups excluding tert-OH is 1. The zero-order chi connectivity index (χ0) is 14.7. The Hall–Kier alpha value is -1.31. The number of rotatable bonds is 3. The first-order valence-corrected chi connectivity index (χ1v) is 8.09. The third-order valence-corrected chi connectivity index (χ3v) is 5.06. The molecule has 1 fully saturated rings. The minimum absolute atomic E-state index is 0.159. The normalized spacial score (nSPS) is 19.1. The predicted octanol–water partition coefficient (Wildman–Crippen LogP) is 5.28. The molecular weight excluding hydrogens is 280 g/mol. The maximum atomic E-state index is 11.1. The van der Waals surface area contributed by atoms with Gasteiger partial charge < -0.3 is 5.11 Å². The maximum Gasteiger partial charge on any atom is 0.0886 e. The Bertz CT molecular complexity index is 570. The Morgan fingerprint density at radius 3 is 2.10 bits per heavy atom. The van der Waals surface area contributed by atoms with Crippen LogP contribution in [-0.4, -0.2) is 5.11 Å². The highest BCUT2D eigenvalue weighted by Gasteiger charge is 2.41. The maximum absolute atomic E-state index is 11.1. The number of hydrogen-bond donors (Lipinski definition) is 1. The van der Waals surface area contributed by atoms with Gasteiger partial charge in [0.25, 0.3) is 0 Å². The van der Waals surface area contributed by atoms with E-state index >= 15 is 0 Å². The van der Waals surface area contributed by atoms with Crippen molar-refractivity contribution in [3.8, 4) is 0 Å². The van der Waals surface area contributed by atoms with Crippen LogP contribution in [0.25, 0.3) is 0 Å². The van der Waals surface area contributed by atoms with Crippen LogP contribution in [0.5, 0.6) is 0 Å². The summed E-state index contributed by atoms with van der Waals surface area (Å²) in [5, 5.41) is 11.8. The van der Waals surface area contributed by atoms with Crippen LogP contribution in [0.3, 0.4) is 0 Å². The molecule has 1 atom stereocenters. The predicted molar refractivity (Wildman–Crippen MR) is 87.6 cm³/mol. The van der Waals surface area contributed by atoms with Gasteiger partial charge in [-0.25, -0.2) is 0 Å². The van der Waals surface area contributed by atoms with Crippen molar-refractivity contribution in [1.29, 1.82) is 0 Å². The van der Waals surface area contributed by atoms with E-state index in [0.717, 1.165) is 18.4 Å². The fraction of sp³-hybridized carbons (Fsp3) is 0.368. The lowest BCUT2D eigenvalue weighted by molar-refractivity contribution is 0.0528. The summed E-state index contributed by atoms with van der Waals surface area (Å²) in [6.07, 6.45) is 5.24. The van der Waals surface area contributed by atoms with Crippen LogP contribution in [-0.2, 0) is 5.41 Å². The van der Waals surface area contributed by atoms with Crippen molar-refractivity contribution in [2.24, 2.45) is 0 Å². The summed E-state index contributed by atoms with van der Waals surface area (Å²) in [7, 11) is 0. The molecule has 110 valence electrons. The van der Waals surface area contributed by atoms with Gasteiger partial charge in [-0.15, -0.1) is 0 Å².